The van der Waals surface area contributed by atoms with Crippen LogP contribution in [0.5, 0.6) is 0 Å². The molecule has 0 aliphatic heterocycles. The van der Waals surface area contributed by atoms with Crippen molar-refractivity contribution >= 4 is 5.69 Å². The maximum absolute atomic E-state index is 5.81. The molecule has 0 radical (unpaired) electrons. The SMILES string of the molecule is CC(N)Cc1ccc(N(C)C(C)C2CC2)cc1. The summed E-state index contributed by atoms with van der Waals surface area (Å²) in [6, 6.07) is 9.75. The van der Waals surface area contributed by atoms with Crippen LogP contribution >= 0.6 is 0 Å². The number of nitrogens with zero attached hydrogens (tertiary/aromatic N) is 1. The van der Waals surface area contributed by atoms with Gasteiger partial charge in [0.05, 0.1) is 0 Å². The molecule has 2 heteroatoms. The molecule has 1 saturated carbocycles. The van der Waals surface area contributed by atoms with Crippen LogP contribution in [0.25, 0.3) is 0 Å². The van der Waals surface area contributed by atoms with Crippen molar-refractivity contribution in [3.63, 3.8) is 0 Å². The van der Waals surface area contributed by atoms with Crippen molar-refractivity contribution < 1.29 is 0 Å². The van der Waals surface area contributed by atoms with E-state index in [1.807, 2.05) is 0 Å². The molecule has 2 atom stereocenters. The second kappa shape index (κ2) is 5.09. The monoisotopic (exact) mass is 232 g/mol. The third-order valence-corrected chi connectivity index (χ3v) is 3.82. The maximum Gasteiger partial charge on any atom is 0.0366 e. The molecule has 1 aromatic rings. The first-order valence-corrected chi connectivity index (χ1v) is 6.65. The summed E-state index contributed by atoms with van der Waals surface area (Å²) in [6.45, 7) is 4.38. The summed E-state index contributed by atoms with van der Waals surface area (Å²) in [5.74, 6) is 0.906. The minimum absolute atomic E-state index is 0.240. The number of benzene rings is 1. The highest BCUT2D eigenvalue weighted by Gasteiger charge is 2.30. The van der Waals surface area contributed by atoms with Crippen LogP contribution < -0.4 is 10.6 Å². The number of rotatable bonds is 5. The molecule has 17 heavy (non-hydrogen) atoms. The van der Waals surface area contributed by atoms with E-state index in [4.69, 9.17) is 5.73 Å². The van der Waals surface area contributed by atoms with Crippen molar-refractivity contribution in [2.45, 2.75) is 45.2 Å². The second-order valence-electron chi connectivity index (χ2n) is 5.54. The molecule has 1 aliphatic carbocycles. The Bertz CT molecular complexity index is 352. The summed E-state index contributed by atoms with van der Waals surface area (Å²) in [5.41, 5.74) is 8.46. The van der Waals surface area contributed by atoms with Crippen LogP contribution in [-0.4, -0.2) is 19.1 Å². The van der Waals surface area contributed by atoms with Gasteiger partial charge in [-0.25, -0.2) is 0 Å². The number of nitrogens with two attached hydrogens (primary N) is 1. The molecule has 0 spiro atoms. The lowest BCUT2D eigenvalue weighted by Gasteiger charge is -2.27. The molecule has 2 rings (SSSR count). The van der Waals surface area contributed by atoms with Crippen molar-refractivity contribution in [2.75, 3.05) is 11.9 Å². The summed E-state index contributed by atoms with van der Waals surface area (Å²) in [5, 5.41) is 0. The van der Waals surface area contributed by atoms with Crippen molar-refractivity contribution in [3.05, 3.63) is 29.8 Å². The molecular weight excluding hydrogens is 208 g/mol. The standard InChI is InChI=1S/C15H24N2/c1-11(16)10-13-4-8-15(9-5-13)17(3)12(2)14-6-7-14/h4-5,8-9,11-12,14H,6-7,10,16H2,1-3H3. The molecule has 2 nitrogen and oxygen atoms in total. The third-order valence-electron chi connectivity index (χ3n) is 3.82. The molecule has 2 unspecified atom stereocenters. The van der Waals surface area contributed by atoms with Crippen LogP contribution in [0, 0.1) is 5.92 Å². The van der Waals surface area contributed by atoms with Crippen LogP contribution in [-0.2, 0) is 6.42 Å². The summed E-state index contributed by atoms with van der Waals surface area (Å²) in [6.07, 6.45) is 3.75. The fourth-order valence-corrected chi connectivity index (χ4v) is 2.37. The molecule has 94 valence electrons. The zero-order chi connectivity index (χ0) is 12.4. The molecule has 1 aliphatic rings. The van der Waals surface area contributed by atoms with Crippen LogP contribution in [0.2, 0.25) is 0 Å². The van der Waals surface area contributed by atoms with E-state index < -0.39 is 0 Å². The molecule has 0 heterocycles. The van der Waals surface area contributed by atoms with Gasteiger partial charge in [0, 0.05) is 24.8 Å². The Morgan fingerprint density at radius 2 is 1.82 bits per heavy atom. The highest BCUT2D eigenvalue weighted by Crippen LogP contribution is 2.36. The summed E-state index contributed by atoms with van der Waals surface area (Å²) < 4.78 is 0. The smallest absolute Gasteiger partial charge is 0.0366 e. The number of anilines is 1. The highest BCUT2D eigenvalue weighted by molar-refractivity contribution is 5.48. The van der Waals surface area contributed by atoms with Gasteiger partial charge in [-0.05, 0) is 56.7 Å². The van der Waals surface area contributed by atoms with E-state index in [9.17, 15) is 0 Å². The van der Waals surface area contributed by atoms with Crippen LogP contribution in [0.3, 0.4) is 0 Å². The molecule has 1 aromatic carbocycles. The van der Waals surface area contributed by atoms with Gasteiger partial charge in [-0.15, -0.1) is 0 Å². The Morgan fingerprint density at radius 1 is 1.24 bits per heavy atom. The zero-order valence-corrected chi connectivity index (χ0v) is 11.2. The molecular formula is C15H24N2. The van der Waals surface area contributed by atoms with E-state index in [-0.39, 0.29) is 6.04 Å². The Balaban J connectivity index is 2.01. The van der Waals surface area contributed by atoms with Crippen molar-refractivity contribution in [1.29, 1.82) is 0 Å². The van der Waals surface area contributed by atoms with Gasteiger partial charge < -0.3 is 10.6 Å². The Morgan fingerprint density at radius 3 is 2.29 bits per heavy atom. The van der Waals surface area contributed by atoms with Crippen LogP contribution in [0.1, 0.15) is 32.3 Å². The number of hydrogen-bond donors (Lipinski definition) is 1. The molecule has 0 saturated heterocycles. The third kappa shape index (κ3) is 3.22. The second-order valence-corrected chi connectivity index (χ2v) is 5.54. The van der Waals surface area contributed by atoms with E-state index in [1.165, 1.54) is 24.1 Å². The van der Waals surface area contributed by atoms with Crippen molar-refractivity contribution in [3.8, 4) is 0 Å². The van der Waals surface area contributed by atoms with Crippen molar-refractivity contribution in [1.82, 2.24) is 0 Å². The Kier molecular flexibility index (Phi) is 3.72. The quantitative estimate of drug-likeness (QED) is 0.846. The van der Waals surface area contributed by atoms with Gasteiger partial charge in [-0.3, -0.25) is 0 Å². The minimum atomic E-state index is 0.240. The minimum Gasteiger partial charge on any atom is -0.372 e. The summed E-state index contributed by atoms with van der Waals surface area (Å²) >= 11 is 0. The van der Waals surface area contributed by atoms with Gasteiger partial charge in [0.1, 0.15) is 0 Å². The normalized spacial score (nSPS) is 18.8. The average Bonchev–Trinajstić information content (AvgIpc) is 3.11. The first-order chi connectivity index (χ1) is 8.08. The van der Waals surface area contributed by atoms with E-state index in [1.54, 1.807) is 0 Å². The summed E-state index contributed by atoms with van der Waals surface area (Å²) in [4.78, 5) is 2.40. The van der Waals surface area contributed by atoms with E-state index >= 15 is 0 Å². The number of hydrogen-bond acceptors (Lipinski definition) is 2. The predicted octanol–water partition coefficient (Wildman–Crippen LogP) is 2.81. The van der Waals surface area contributed by atoms with E-state index in [0.29, 0.717) is 6.04 Å². The molecule has 2 N–H and O–H groups in total. The van der Waals surface area contributed by atoms with Crippen molar-refractivity contribution in [2.24, 2.45) is 11.7 Å². The van der Waals surface area contributed by atoms with E-state index in [0.717, 1.165) is 12.3 Å². The van der Waals surface area contributed by atoms with Gasteiger partial charge >= 0.3 is 0 Å². The van der Waals surface area contributed by atoms with E-state index in [2.05, 4.69) is 50.1 Å². The van der Waals surface area contributed by atoms with Gasteiger partial charge in [0.15, 0.2) is 0 Å². The maximum atomic E-state index is 5.81. The predicted molar refractivity (Wildman–Crippen MR) is 74.4 cm³/mol. The Hall–Kier alpha value is -1.02. The van der Waals surface area contributed by atoms with Gasteiger partial charge in [0.25, 0.3) is 0 Å². The Labute approximate surface area is 105 Å². The first-order valence-electron chi connectivity index (χ1n) is 6.65. The largest absolute Gasteiger partial charge is 0.372 e. The fourth-order valence-electron chi connectivity index (χ4n) is 2.37. The van der Waals surface area contributed by atoms with Gasteiger partial charge in [-0.1, -0.05) is 12.1 Å². The molecule has 0 bridgehead atoms. The fraction of sp³-hybridized carbons (Fsp3) is 0.600. The zero-order valence-electron chi connectivity index (χ0n) is 11.2. The lowest BCUT2D eigenvalue weighted by atomic mass is 10.1. The highest BCUT2D eigenvalue weighted by atomic mass is 15.1. The molecule has 0 amide bonds. The van der Waals surface area contributed by atoms with Crippen LogP contribution in [0.4, 0.5) is 5.69 Å². The van der Waals surface area contributed by atoms with Gasteiger partial charge in [-0.2, -0.15) is 0 Å². The summed E-state index contributed by atoms with van der Waals surface area (Å²) in [7, 11) is 2.20. The van der Waals surface area contributed by atoms with Gasteiger partial charge in [0.2, 0.25) is 0 Å². The lowest BCUT2D eigenvalue weighted by molar-refractivity contribution is 0.609. The first kappa shape index (κ1) is 12.4. The van der Waals surface area contributed by atoms with Crippen LogP contribution in [0.15, 0.2) is 24.3 Å². The topological polar surface area (TPSA) is 29.3 Å². The average molecular weight is 232 g/mol. The molecule has 1 fully saturated rings. The lowest BCUT2D eigenvalue weighted by Crippen LogP contribution is -2.30. The molecule has 0 aromatic heterocycles.